The lowest BCUT2D eigenvalue weighted by Crippen LogP contribution is -2.30. The fourth-order valence-electron chi connectivity index (χ4n) is 1.67. The van der Waals surface area contributed by atoms with Crippen LogP contribution in [0.3, 0.4) is 0 Å². The Hall–Kier alpha value is -1.49. The number of hydrogen-bond acceptors (Lipinski definition) is 3. The van der Waals surface area contributed by atoms with Gasteiger partial charge < -0.3 is 10.2 Å². The minimum absolute atomic E-state index is 0.123. The molecule has 0 aromatic carbocycles. The van der Waals surface area contributed by atoms with Gasteiger partial charge >= 0.3 is 0 Å². The molecular formula is C13H20FN3O. The summed E-state index contributed by atoms with van der Waals surface area (Å²) in [6.45, 7) is 7.76. The van der Waals surface area contributed by atoms with E-state index >= 15 is 0 Å². The molecule has 1 rings (SSSR count). The van der Waals surface area contributed by atoms with Crippen LogP contribution in [-0.2, 0) is 0 Å². The van der Waals surface area contributed by atoms with Gasteiger partial charge in [0, 0.05) is 6.54 Å². The van der Waals surface area contributed by atoms with Gasteiger partial charge in [0.1, 0.15) is 5.69 Å². The maximum absolute atomic E-state index is 12.8. The molecule has 0 radical (unpaired) electrons. The van der Waals surface area contributed by atoms with Crippen LogP contribution >= 0.6 is 0 Å². The Labute approximate surface area is 107 Å². The summed E-state index contributed by atoms with van der Waals surface area (Å²) >= 11 is 0. The van der Waals surface area contributed by atoms with Gasteiger partial charge in [0.05, 0.1) is 0 Å². The second-order valence-electron chi connectivity index (χ2n) is 3.98. The first-order valence-corrected chi connectivity index (χ1v) is 6.30. The van der Waals surface area contributed by atoms with Gasteiger partial charge in [-0.1, -0.05) is 19.9 Å². The molecule has 0 saturated heterocycles. The number of halogens is 1. The van der Waals surface area contributed by atoms with Crippen LogP contribution in [0.4, 0.5) is 4.39 Å². The van der Waals surface area contributed by atoms with Gasteiger partial charge in [-0.3, -0.25) is 4.79 Å². The van der Waals surface area contributed by atoms with Crippen LogP contribution in [0.2, 0.25) is 0 Å². The summed E-state index contributed by atoms with van der Waals surface area (Å²) in [4.78, 5) is 17.4. The molecule has 1 N–H and O–H groups in total. The highest BCUT2D eigenvalue weighted by molar-refractivity contribution is 5.92. The second kappa shape index (κ2) is 7.76. The minimum Gasteiger partial charge on any atom is -0.351 e. The quantitative estimate of drug-likeness (QED) is 0.594. The van der Waals surface area contributed by atoms with Crippen molar-refractivity contribution in [1.29, 1.82) is 0 Å². The van der Waals surface area contributed by atoms with E-state index in [-0.39, 0.29) is 11.6 Å². The van der Waals surface area contributed by atoms with Crippen LogP contribution in [0, 0.1) is 5.95 Å². The Morgan fingerprint density at radius 1 is 1.39 bits per heavy atom. The summed E-state index contributed by atoms with van der Waals surface area (Å²) in [5, 5.41) is 2.73. The van der Waals surface area contributed by atoms with Gasteiger partial charge in [0.15, 0.2) is 0 Å². The molecule has 0 bridgehead atoms. The molecule has 0 aliphatic heterocycles. The number of aromatic nitrogens is 1. The number of carbonyl (C=O) groups is 1. The van der Waals surface area contributed by atoms with Crippen molar-refractivity contribution in [2.45, 2.75) is 20.3 Å². The first-order chi connectivity index (χ1) is 8.67. The van der Waals surface area contributed by atoms with Crippen LogP contribution < -0.4 is 5.32 Å². The van der Waals surface area contributed by atoms with E-state index in [9.17, 15) is 9.18 Å². The Kier molecular flexibility index (Phi) is 6.28. The highest BCUT2D eigenvalue weighted by atomic mass is 19.1. The largest absolute Gasteiger partial charge is 0.351 e. The van der Waals surface area contributed by atoms with Crippen molar-refractivity contribution in [3.8, 4) is 0 Å². The molecule has 0 fully saturated rings. The van der Waals surface area contributed by atoms with Crippen molar-refractivity contribution in [2.24, 2.45) is 0 Å². The standard InChI is InChI=1S/C13H20FN3O/c1-3-17(4-2)10-6-9-15-13(18)11-7-5-8-12(14)16-11/h5,7-8H,3-4,6,9-10H2,1-2H3,(H,15,18). The third-order valence-electron chi connectivity index (χ3n) is 2.78. The maximum Gasteiger partial charge on any atom is 0.269 e. The summed E-state index contributed by atoms with van der Waals surface area (Å²) in [7, 11) is 0. The normalized spacial score (nSPS) is 10.7. The van der Waals surface area contributed by atoms with Crippen molar-refractivity contribution in [3.05, 3.63) is 29.8 Å². The van der Waals surface area contributed by atoms with Gasteiger partial charge in [0.25, 0.3) is 5.91 Å². The summed E-state index contributed by atoms with van der Waals surface area (Å²) in [5.74, 6) is -0.958. The number of pyridine rings is 1. The van der Waals surface area contributed by atoms with E-state index in [1.807, 2.05) is 0 Å². The monoisotopic (exact) mass is 253 g/mol. The van der Waals surface area contributed by atoms with Crippen molar-refractivity contribution in [1.82, 2.24) is 15.2 Å². The van der Waals surface area contributed by atoms with Gasteiger partial charge in [-0.2, -0.15) is 4.39 Å². The number of nitrogens with zero attached hydrogens (tertiary/aromatic N) is 2. The zero-order valence-electron chi connectivity index (χ0n) is 10.9. The third kappa shape index (κ3) is 4.79. The maximum atomic E-state index is 12.8. The summed E-state index contributed by atoms with van der Waals surface area (Å²) in [6.07, 6.45) is 0.878. The molecular weight excluding hydrogens is 233 g/mol. The molecule has 4 nitrogen and oxygen atoms in total. The van der Waals surface area contributed by atoms with Gasteiger partial charge in [-0.05, 0) is 38.2 Å². The highest BCUT2D eigenvalue weighted by Crippen LogP contribution is 1.97. The average Bonchev–Trinajstić information content (AvgIpc) is 2.38. The summed E-state index contributed by atoms with van der Waals surface area (Å²) in [5.41, 5.74) is 0.123. The lowest BCUT2D eigenvalue weighted by Gasteiger charge is -2.17. The molecule has 1 amide bonds. The first-order valence-electron chi connectivity index (χ1n) is 6.30. The molecule has 5 heteroatoms. The highest BCUT2D eigenvalue weighted by Gasteiger charge is 2.07. The minimum atomic E-state index is -0.634. The van der Waals surface area contributed by atoms with E-state index in [0.717, 1.165) is 26.1 Å². The van der Waals surface area contributed by atoms with Crippen molar-refractivity contribution >= 4 is 5.91 Å². The van der Waals surface area contributed by atoms with Crippen LogP contribution in [0.15, 0.2) is 18.2 Å². The Bertz CT molecular complexity index is 380. The molecule has 0 aliphatic carbocycles. The molecule has 0 saturated carbocycles. The predicted molar refractivity (Wildman–Crippen MR) is 68.9 cm³/mol. The molecule has 0 atom stereocenters. The summed E-state index contributed by atoms with van der Waals surface area (Å²) in [6, 6.07) is 4.20. The van der Waals surface area contributed by atoms with Crippen LogP contribution in [0.1, 0.15) is 30.8 Å². The predicted octanol–water partition coefficient (Wildman–Crippen LogP) is 1.68. The van der Waals surface area contributed by atoms with E-state index in [1.54, 1.807) is 0 Å². The molecule has 18 heavy (non-hydrogen) atoms. The Morgan fingerprint density at radius 2 is 2.11 bits per heavy atom. The second-order valence-corrected chi connectivity index (χ2v) is 3.98. The van der Waals surface area contributed by atoms with Crippen LogP contribution in [0.25, 0.3) is 0 Å². The number of hydrogen-bond donors (Lipinski definition) is 1. The van der Waals surface area contributed by atoms with E-state index in [0.29, 0.717) is 6.54 Å². The lowest BCUT2D eigenvalue weighted by molar-refractivity contribution is 0.0945. The third-order valence-corrected chi connectivity index (χ3v) is 2.78. The molecule has 1 aromatic heterocycles. The SMILES string of the molecule is CCN(CC)CCCNC(=O)c1cccc(F)n1. The van der Waals surface area contributed by atoms with E-state index in [4.69, 9.17) is 0 Å². The number of rotatable bonds is 7. The number of carbonyl (C=O) groups excluding carboxylic acids is 1. The van der Waals surface area contributed by atoms with Gasteiger partial charge in [-0.15, -0.1) is 0 Å². The number of amides is 1. The van der Waals surface area contributed by atoms with Crippen molar-refractivity contribution in [2.75, 3.05) is 26.2 Å². The van der Waals surface area contributed by atoms with Crippen molar-refractivity contribution in [3.63, 3.8) is 0 Å². The van der Waals surface area contributed by atoms with Gasteiger partial charge in [-0.25, -0.2) is 4.98 Å². The fourth-order valence-corrected chi connectivity index (χ4v) is 1.67. The van der Waals surface area contributed by atoms with Gasteiger partial charge in [0.2, 0.25) is 5.95 Å². The Balaban J connectivity index is 2.29. The van der Waals surface area contributed by atoms with Crippen molar-refractivity contribution < 1.29 is 9.18 Å². The van der Waals surface area contributed by atoms with E-state index in [1.165, 1.54) is 18.2 Å². The zero-order chi connectivity index (χ0) is 13.4. The smallest absolute Gasteiger partial charge is 0.269 e. The zero-order valence-corrected chi connectivity index (χ0v) is 10.9. The molecule has 0 spiro atoms. The fraction of sp³-hybridized carbons (Fsp3) is 0.538. The molecule has 0 aliphatic rings. The molecule has 100 valence electrons. The van der Waals surface area contributed by atoms with E-state index < -0.39 is 5.95 Å². The average molecular weight is 253 g/mol. The van der Waals surface area contributed by atoms with Crippen LogP contribution in [-0.4, -0.2) is 42.0 Å². The topological polar surface area (TPSA) is 45.2 Å². The lowest BCUT2D eigenvalue weighted by atomic mass is 10.3. The summed E-state index contributed by atoms with van der Waals surface area (Å²) < 4.78 is 12.8. The molecule has 1 aromatic rings. The molecule has 0 unspecified atom stereocenters. The number of nitrogens with one attached hydrogen (secondary N) is 1. The Morgan fingerprint density at radius 3 is 2.72 bits per heavy atom. The van der Waals surface area contributed by atoms with Crippen LogP contribution in [0.5, 0.6) is 0 Å². The first kappa shape index (κ1) is 14.6. The van der Waals surface area contributed by atoms with E-state index in [2.05, 4.69) is 29.0 Å². The molecule has 1 heterocycles.